The van der Waals surface area contributed by atoms with Crippen LogP contribution in [0.25, 0.3) is 0 Å². The average Bonchev–Trinajstić information content (AvgIpc) is 2.42. The second-order valence-electron chi connectivity index (χ2n) is 6.02. The molecule has 2 rings (SSSR count). The molecule has 1 aliphatic rings. The van der Waals surface area contributed by atoms with E-state index in [2.05, 4.69) is 10.6 Å². The Hall–Kier alpha value is -2.57. The third-order valence-corrected chi connectivity index (χ3v) is 4.32. The van der Waals surface area contributed by atoms with Gasteiger partial charge in [0.15, 0.2) is 0 Å². The number of urea groups is 1. The normalized spacial score (nSPS) is 16.7. The number of nitrogens with two attached hydrogens (primary N) is 1. The van der Waals surface area contributed by atoms with E-state index in [1.807, 2.05) is 6.92 Å². The molecule has 124 valence electrons. The van der Waals surface area contributed by atoms with Crippen LogP contribution in [0.3, 0.4) is 0 Å². The fourth-order valence-corrected chi connectivity index (χ4v) is 2.75. The minimum atomic E-state index is -0.895. The zero-order chi connectivity index (χ0) is 17.0. The van der Waals surface area contributed by atoms with Crippen LogP contribution in [0, 0.1) is 5.41 Å². The highest BCUT2D eigenvalue weighted by Crippen LogP contribution is 2.44. The van der Waals surface area contributed by atoms with Crippen LogP contribution in [-0.4, -0.2) is 23.0 Å². The van der Waals surface area contributed by atoms with Gasteiger partial charge in [0.05, 0.1) is 11.5 Å². The number of hydrogen-bond donors (Lipinski definition) is 4. The lowest BCUT2D eigenvalue weighted by molar-refractivity contribution is -0.157. The van der Waals surface area contributed by atoms with Gasteiger partial charge >= 0.3 is 12.0 Å². The second kappa shape index (κ2) is 6.68. The van der Waals surface area contributed by atoms with Crippen molar-refractivity contribution in [2.24, 2.45) is 11.1 Å². The maximum absolute atomic E-state index is 12.1. The highest BCUT2D eigenvalue weighted by Gasteiger charge is 2.45. The van der Waals surface area contributed by atoms with Gasteiger partial charge in [-0.25, -0.2) is 4.79 Å². The Labute approximate surface area is 134 Å². The number of aliphatic carboxylic acids is 1. The summed E-state index contributed by atoms with van der Waals surface area (Å²) in [6.07, 6.45) is 1.96. The predicted octanol–water partition coefficient (Wildman–Crippen LogP) is 2.00. The largest absolute Gasteiger partial charge is 0.481 e. The summed E-state index contributed by atoms with van der Waals surface area (Å²) >= 11 is 0. The fraction of sp³-hybridized carbons (Fsp3) is 0.438. The van der Waals surface area contributed by atoms with E-state index in [0.29, 0.717) is 18.5 Å². The summed E-state index contributed by atoms with van der Waals surface area (Å²) in [7, 11) is 0. The fourth-order valence-electron chi connectivity index (χ4n) is 2.75. The van der Waals surface area contributed by atoms with Gasteiger partial charge in [-0.15, -0.1) is 0 Å². The monoisotopic (exact) mass is 319 g/mol. The first-order valence-corrected chi connectivity index (χ1v) is 7.51. The van der Waals surface area contributed by atoms with Crippen LogP contribution in [0.15, 0.2) is 24.3 Å². The Morgan fingerprint density at radius 2 is 1.87 bits per heavy atom. The molecule has 1 aromatic carbocycles. The van der Waals surface area contributed by atoms with Crippen molar-refractivity contribution in [3.63, 3.8) is 0 Å². The summed E-state index contributed by atoms with van der Waals surface area (Å²) in [6.45, 7) is 1.82. The van der Waals surface area contributed by atoms with Crippen LogP contribution in [0.5, 0.6) is 0 Å². The van der Waals surface area contributed by atoms with E-state index in [1.165, 1.54) is 0 Å². The molecule has 23 heavy (non-hydrogen) atoms. The van der Waals surface area contributed by atoms with E-state index < -0.39 is 17.4 Å². The minimum absolute atomic E-state index is 0.00792. The SMILES string of the molecule is CC(NC(=O)CC1(C(=O)O)CCC1)c1ccc(NC(N)=O)cc1. The molecule has 7 heteroatoms. The van der Waals surface area contributed by atoms with Gasteiger partial charge in [0.25, 0.3) is 0 Å². The molecular formula is C16H21N3O4. The molecule has 1 unspecified atom stereocenters. The Kier molecular flexibility index (Phi) is 4.88. The van der Waals surface area contributed by atoms with Crippen LogP contribution >= 0.6 is 0 Å². The van der Waals surface area contributed by atoms with Crippen molar-refractivity contribution < 1.29 is 19.5 Å². The third kappa shape index (κ3) is 4.00. The smallest absolute Gasteiger partial charge is 0.316 e. The number of primary amides is 1. The van der Waals surface area contributed by atoms with Crippen molar-refractivity contribution in [3.05, 3.63) is 29.8 Å². The summed E-state index contributed by atoms with van der Waals surface area (Å²) in [5.41, 5.74) is 5.57. The molecule has 0 saturated heterocycles. The van der Waals surface area contributed by atoms with Gasteiger partial charge in [-0.05, 0) is 37.5 Å². The van der Waals surface area contributed by atoms with Gasteiger partial charge in [-0.3, -0.25) is 9.59 Å². The number of carboxylic acid groups (broad SMARTS) is 1. The van der Waals surface area contributed by atoms with E-state index in [4.69, 9.17) is 5.73 Å². The molecule has 1 aliphatic carbocycles. The van der Waals surface area contributed by atoms with Crippen molar-refractivity contribution in [2.75, 3.05) is 5.32 Å². The summed E-state index contributed by atoms with van der Waals surface area (Å²) in [4.78, 5) is 34.2. The molecule has 0 aromatic heterocycles. The zero-order valence-electron chi connectivity index (χ0n) is 13.0. The minimum Gasteiger partial charge on any atom is -0.481 e. The molecule has 0 heterocycles. The zero-order valence-corrected chi connectivity index (χ0v) is 13.0. The van der Waals surface area contributed by atoms with E-state index >= 15 is 0 Å². The molecule has 1 aromatic rings. The predicted molar refractivity (Wildman–Crippen MR) is 84.7 cm³/mol. The van der Waals surface area contributed by atoms with Gasteiger partial charge < -0.3 is 21.5 Å². The quantitative estimate of drug-likeness (QED) is 0.640. The Morgan fingerprint density at radius 3 is 2.30 bits per heavy atom. The van der Waals surface area contributed by atoms with Crippen molar-refractivity contribution >= 4 is 23.6 Å². The lowest BCUT2D eigenvalue weighted by atomic mass is 9.66. The lowest BCUT2D eigenvalue weighted by Crippen LogP contribution is -2.43. The molecule has 0 spiro atoms. The van der Waals surface area contributed by atoms with Crippen molar-refractivity contribution in [3.8, 4) is 0 Å². The number of carbonyl (C=O) groups is 3. The third-order valence-electron chi connectivity index (χ3n) is 4.32. The number of anilines is 1. The first-order valence-electron chi connectivity index (χ1n) is 7.51. The topological polar surface area (TPSA) is 122 Å². The first-order chi connectivity index (χ1) is 10.8. The average molecular weight is 319 g/mol. The molecule has 1 fully saturated rings. The first kappa shape index (κ1) is 16.8. The highest BCUT2D eigenvalue weighted by atomic mass is 16.4. The van der Waals surface area contributed by atoms with Crippen LogP contribution in [0.4, 0.5) is 10.5 Å². The summed E-state index contributed by atoms with van der Waals surface area (Å²) in [5.74, 6) is -1.16. The maximum Gasteiger partial charge on any atom is 0.316 e. The number of benzene rings is 1. The Morgan fingerprint density at radius 1 is 1.26 bits per heavy atom. The molecule has 0 aliphatic heterocycles. The summed E-state index contributed by atoms with van der Waals surface area (Å²) in [6, 6.07) is 6.02. The van der Waals surface area contributed by atoms with E-state index in [9.17, 15) is 19.5 Å². The lowest BCUT2D eigenvalue weighted by Gasteiger charge is -2.37. The van der Waals surface area contributed by atoms with Crippen LogP contribution < -0.4 is 16.4 Å². The molecule has 3 amide bonds. The molecule has 5 N–H and O–H groups in total. The molecule has 1 saturated carbocycles. The number of nitrogens with one attached hydrogen (secondary N) is 2. The number of rotatable bonds is 6. The number of carbonyl (C=O) groups excluding carboxylic acids is 2. The summed E-state index contributed by atoms with van der Waals surface area (Å²) in [5, 5.41) is 14.5. The van der Waals surface area contributed by atoms with Crippen LogP contribution in [-0.2, 0) is 9.59 Å². The number of hydrogen-bond acceptors (Lipinski definition) is 3. The summed E-state index contributed by atoms with van der Waals surface area (Å²) < 4.78 is 0. The van der Waals surface area contributed by atoms with Crippen molar-refractivity contribution in [1.82, 2.24) is 5.32 Å². The van der Waals surface area contributed by atoms with Crippen LogP contribution in [0.2, 0.25) is 0 Å². The van der Waals surface area contributed by atoms with E-state index in [1.54, 1.807) is 24.3 Å². The van der Waals surface area contributed by atoms with Gasteiger partial charge in [-0.1, -0.05) is 18.6 Å². The standard InChI is InChI=1S/C16H21N3O4/c1-10(11-3-5-12(6-4-11)19-15(17)23)18-13(20)9-16(14(21)22)7-2-8-16/h3-6,10H,2,7-9H2,1H3,(H,18,20)(H,21,22)(H3,17,19,23). The molecule has 1 atom stereocenters. The number of amides is 3. The van der Waals surface area contributed by atoms with Gasteiger partial charge in [-0.2, -0.15) is 0 Å². The van der Waals surface area contributed by atoms with E-state index in [0.717, 1.165) is 12.0 Å². The highest BCUT2D eigenvalue weighted by molar-refractivity contribution is 5.88. The second-order valence-corrected chi connectivity index (χ2v) is 6.02. The molecule has 0 radical (unpaired) electrons. The Bertz CT molecular complexity index is 608. The van der Waals surface area contributed by atoms with Gasteiger partial charge in [0, 0.05) is 12.1 Å². The van der Waals surface area contributed by atoms with Gasteiger partial charge in [0.2, 0.25) is 5.91 Å². The van der Waals surface area contributed by atoms with Gasteiger partial charge in [0.1, 0.15) is 0 Å². The Balaban J connectivity index is 1.93. The molecular weight excluding hydrogens is 298 g/mol. The van der Waals surface area contributed by atoms with Crippen molar-refractivity contribution in [1.29, 1.82) is 0 Å². The maximum atomic E-state index is 12.1. The van der Waals surface area contributed by atoms with Crippen molar-refractivity contribution in [2.45, 2.75) is 38.6 Å². The molecule has 0 bridgehead atoms. The van der Waals surface area contributed by atoms with Crippen LogP contribution in [0.1, 0.15) is 44.2 Å². The number of carboxylic acids is 1. The van der Waals surface area contributed by atoms with E-state index in [-0.39, 0.29) is 18.4 Å². The molecule has 7 nitrogen and oxygen atoms in total.